The van der Waals surface area contributed by atoms with Crippen molar-refractivity contribution in [1.29, 1.82) is 0 Å². The van der Waals surface area contributed by atoms with Gasteiger partial charge in [-0.05, 0) is 44.6 Å². The van der Waals surface area contributed by atoms with Crippen LogP contribution in [-0.2, 0) is 21.5 Å². The molecule has 8 heteroatoms. The highest BCUT2D eigenvalue weighted by atomic mass is 16.5. The second-order valence-corrected chi connectivity index (χ2v) is 8.14. The molecular weight excluding hydrogens is 360 g/mol. The molecule has 2 aliphatic heterocycles. The monoisotopic (exact) mass is 382 g/mol. The third-order valence-electron chi connectivity index (χ3n) is 6.24. The van der Waals surface area contributed by atoms with Crippen LogP contribution in [0.15, 0.2) is 28.8 Å². The summed E-state index contributed by atoms with van der Waals surface area (Å²) in [5, 5.41) is 9.00. The lowest BCUT2D eigenvalue weighted by molar-refractivity contribution is -0.123. The number of benzene rings is 1. The van der Waals surface area contributed by atoms with Gasteiger partial charge in [-0.15, -0.1) is 0 Å². The molecule has 28 heavy (non-hydrogen) atoms. The van der Waals surface area contributed by atoms with Crippen LogP contribution in [0.5, 0.6) is 0 Å². The molecule has 8 nitrogen and oxygen atoms in total. The van der Waals surface area contributed by atoms with Crippen LogP contribution in [0.3, 0.4) is 0 Å². The first-order valence-corrected chi connectivity index (χ1v) is 9.71. The minimum Gasteiger partial charge on any atom is -0.371 e. The summed E-state index contributed by atoms with van der Waals surface area (Å²) in [6.45, 7) is 1.67. The highest BCUT2D eigenvalue weighted by Crippen LogP contribution is 2.46. The molecule has 0 bridgehead atoms. The molecule has 3 fully saturated rings. The average Bonchev–Trinajstić information content (AvgIpc) is 3.34. The molecule has 1 spiro atoms. The molecule has 146 valence electrons. The van der Waals surface area contributed by atoms with E-state index in [0.717, 1.165) is 18.4 Å². The molecule has 1 saturated carbocycles. The molecule has 3 heterocycles. The lowest BCUT2D eigenvalue weighted by atomic mass is 9.78. The Morgan fingerprint density at radius 2 is 1.96 bits per heavy atom. The van der Waals surface area contributed by atoms with E-state index in [2.05, 4.69) is 20.8 Å². The predicted octanol–water partition coefficient (Wildman–Crippen LogP) is 2.44. The van der Waals surface area contributed by atoms with E-state index in [4.69, 9.17) is 9.26 Å². The zero-order chi connectivity index (χ0) is 19.4. The Hall–Kier alpha value is -2.74. The van der Waals surface area contributed by atoms with Crippen LogP contribution >= 0.6 is 0 Å². The Morgan fingerprint density at radius 1 is 1.18 bits per heavy atom. The quantitative estimate of drug-likeness (QED) is 0.787. The lowest BCUT2D eigenvalue weighted by Gasteiger charge is -2.37. The maximum Gasteiger partial charge on any atom is 0.322 e. The fraction of sp³-hybridized carbons (Fsp3) is 0.500. The van der Waals surface area contributed by atoms with Gasteiger partial charge in [-0.2, -0.15) is 4.98 Å². The lowest BCUT2D eigenvalue weighted by Crippen LogP contribution is -2.40. The maximum absolute atomic E-state index is 12.1. The Balaban J connectivity index is 1.28. The number of hydrogen-bond donors (Lipinski definition) is 2. The maximum atomic E-state index is 12.1. The smallest absolute Gasteiger partial charge is 0.322 e. The van der Waals surface area contributed by atoms with Crippen LogP contribution in [0.4, 0.5) is 4.79 Å². The van der Waals surface area contributed by atoms with Gasteiger partial charge in [-0.1, -0.05) is 29.4 Å². The van der Waals surface area contributed by atoms with Crippen LogP contribution in [0.1, 0.15) is 50.5 Å². The number of amides is 3. The first-order valence-electron chi connectivity index (χ1n) is 9.71. The molecule has 2 saturated heterocycles. The van der Waals surface area contributed by atoms with Gasteiger partial charge in [-0.3, -0.25) is 10.1 Å². The number of imide groups is 1. The molecule has 1 aliphatic carbocycles. The summed E-state index contributed by atoms with van der Waals surface area (Å²) in [4.78, 5) is 28.0. The number of ether oxygens (including phenoxy) is 1. The van der Waals surface area contributed by atoms with Crippen molar-refractivity contribution in [1.82, 2.24) is 20.8 Å². The van der Waals surface area contributed by atoms with Gasteiger partial charge in [-0.25, -0.2) is 4.79 Å². The second-order valence-electron chi connectivity index (χ2n) is 8.14. The SMILES string of the molecule is CC1(c2ccc(-c3noc(CC4CCC5(CCC5)O4)n3)cc2)NC(=O)NC1=O. The summed E-state index contributed by atoms with van der Waals surface area (Å²) in [6, 6.07) is 6.73. The van der Waals surface area contributed by atoms with Crippen LogP contribution in [0, 0.1) is 0 Å². The van der Waals surface area contributed by atoms with Gasteiger partial charge >= 0.3 is 6.03 Å². The molecule has 2 aromatic rings. The molecule has 1 aromatic carbocycles. The van der Waals surface area contributed by atoms with Gasteiger partial charge in [0, 0.05) is 5.56 Å². The van der Waals surface area contributed by atoms with Crippen molar-refractivity contribution in [3.8, 4) is 11.4 Å². The van der Waals surface area contributed by atoms with E-state index in [1.54, 1.807) is 19.1 Å². The largest absolute Gasteiger partial charge is 0.371 e. The van der Waals surface area contributed by atoms with Gasteiger partial charge in [0.05, 0.1) is 18.1 Å². The summed E-state index contributed by atoms with van der Waals surface area (Å²) < 4.78 is 11.6. The van der Waals surface area contributed by atoms with E-state index >= 15 is 0 Å². The van der Waals surface area contributed by atoms with Crippen LogP contribution < -0.4 is 10.6 Å². The number of nitrogens with one attached hydrogen (secondary N) is 2. The zero-order valence-corrected chi connectivity index (χ0v) is 15.7. The third kappa shape index (κ3) is 2.79. The summed E-state index contributed by atoms with van der Waals surface area (Å²) in [6.07, 6.45) is 6.56. The van der Waals surface area contributed by atoms with Crippen molar-refractivity contribution in [3.63, 3.8) is 0 Å². The highest BCUT2D eigenvalue weighted by Gasteiger charge is 2.45. The first-order chi connectivity index (χ1) is 13.5. The van der Waals surface area contributed by atoms with Crippen molar-refractivity contribution in [2.45, 2.75) is 62.7 Å². The van der Waals surface area contributed by atoms with E-state index in [9.17, 15) is 9.59 Å². The van der Waals surface area contributed by atoms with Crippen molar-refractivity contribution in [2.75, 3.05) is 0 Å². The van der Waals surface area contributed by atoms with Crippen molar-refractivity contribution in [2.24, 2.45) is 0 Å². The van der Waals surface area contributed by atoms with E-state index in [1.165, 1.54) is 19.3 Å². The fourth-order valence-corrected chi connectivity index (χ4v) is 4.33. The Kier molecular flexibility index (Phi) is 3.80. The number of carbonyl (C=O) groups is 2. The third-order valence-corrected chi connectivity index (χ3v) is 6.24. The number of urea groups is 1. The molecule has 1 aromatic heterocycles. The molecular formula is C20H22N4O4. The van der Waals surface area contributed by atoms with Crippen LogP contribution in [0.25, 0.3) is 11.4 Å². The first kappa shape index (κ1) is 17.4. The van der Waals surface area contributed by atoms with Gasteiger partial charge in [0.1, 0.15) is 5.54 Å². The van der Waals surface area contributed by atoms with Crippen molar-refractivity contribution in [3.05, 3.63) is 35.7 Å². The standard InChI is InChI=1S/C20H22N4O4/c1-19(17(25)22-18(26)23-19)13-5-3-12(4-6-13)16-21-15(28-24-16)11-14-7-10-20(27-14)8-2-9-20/h3-6,14H,2,7-11H2,1H3,(H2,22,23,25,26). The summed E-state index contributed by atoms with van der Waals surface area (Å²) in [5.41, 5.74) is 0.528. The summed E-state index contributed by atoms with van der Waals surface area (Å²) in [7, 11) is 0. The summed E-state index contributed by atoms with van der Waals surface area (Å²) in [5.74, 6) is 0.714. The summed E-state index contributed by atoms with van der Waals surface area (Å²) >= 11 is 0. The number of nitrogens with zero attached hydrogens (tertiary/aromatic N) is 2. The predicted molar refractivity (Wildman–Crippen MR) is 98.2 cm³/mol. The molecule has 0 radical (unpaired) electrons. The number of hydrogen-bond acceptors (Lipinski definition) is 6. The van der Waals surface area contributed by atoms with Crippen LogP contribution in [0.2, 0.25) is 0 Å². The van der Waals surface area contributed by atoms with Gasteiger partial charge < -0.3 is 14.6 Å². The van der Waals surface area contributed by atoms with Crippen molar-refractivity contribution >= 4 is 11.9 Å². The molecule has 2 N–H and O–H groups in total. The van der Waals surface area contributed by atoms with E-state index in [0.29, 0.717) is 23.7 Å². The molecule has 2 atom stereocenters. The Morgan fingerprint density at radius 3 is 2.57 bits per heavy atom. The van der Waals surface area contributed by atoms with Gasteiger partial charge in [0.25, 0.3) is 5.91 Å². The number of rotatable bonds is 4. The molecule has 5 rings (SSSR count). The normalized spacial score (nSPS) is 28.2. The Bertz CT molecular complexity index is 934. The fourth-order valence-electron chi connectivity index (χ4n) is 4.33. The average molecular weight is 382 g/mol. The number of aromatic nitrogens is 2. The van der Waals surface area contributed by atoms with E-state index < -0.39 is 11.6 Å². The zero-order valence-electron chi connectivity index (χ0n) is 15.7. The highest BCUT2D eigenvalue weighted by molar-refractivity contribution is 6.07. The molecule has 2 unspecified atom stereocenters. The Labute approximate surface area is 162 Å². The van der Waals surface area contributed by atoms with Crippen molar-refractivity contribution < 1.29 is 18.8 Å². The topological polar surface area (TPSA) is 106 Å². The van der Waals surface area contributed by atoms with Crippen LogP contribution in [-0.4, -0.2) is 33.8 Å². The van der Waals surface area contributed by atoms with Gasteiger partial charge in [0.15, 0.2) is 0 Å². The minimum atomic E-state index is -1.07. The molecule has 3 amide bonds. The second kappa shape index (κ2) is 6.13. The molecule has 3 aliphatic rings. The number of carbonyl (C=O) groups excluding carboxylic acids is 2. The van der Waals surface area contributed by atoms with E-state index in [1.807, 2.05) is 12.1 Å². The minimum absolute atomic E-state index is 0.126. The van der Waals surface area contributed by atoms with Gasteiger partial charge in [0.2, 0.25) is 11.7 Å². The van der Waals surface area contributed by atoms with E-state index in [-0.39, 0.29) is 17.6 Å².